The molecule has 0 spiro atoms. The number of aryl methyl sites for hydroxylation is 2. The second kappa shape index (κ2) is 6.64. The van der Waals surface area contributed by atoms with Gasteiger partial charge in [-0.15, -0.1) is 0 Å². The van der Waals surface area contributed by atoms with Crippen molar-refractivity contribution in [3.05, 3.63) is 71.3 Å². The van der Waals surface area contributed by atoms with Crippen molar-refractivity contribution >= 4 is 5.78 Å². The number of hydrogen-bond donors (Lipinski definition) is 0. The first-order chi connectivity index (χ1) is 8.11. The summed E-state index contributed by atoms with van der Waals surface area (Å²) in [6.07, 6.45) is 0. The molecular formula is C16H18O. The Labute approximate surface area is 103 Å². The lowest BCUT2D eigenvalue weighted by atomic mass is 10.1. The molecule has 1 nitrogen and oxygen atoms in total. The zero-order chi connectivity index (χ0) is 12.7. The summed E-state index contributed by atoms with van der Waals surface area (Å²) in [5.41, 5.74) is 3.51. The molecule has 0 aliphatic heterocycles. The average molecular weight is 226 g/mol. The van der Waals surface area contributed by atoms with E-state index in [9.17, 15) is 4.79 Å². The number of carbonyl (C=O) groups is 1. The molecule has 0 aromatic heterocycles. The highest BCUT2D eigenvalue weighted by Gasteiger charge is 1.92. The SMILES string of the molecule is CC(=O)c1ccccc1.Cc1ccccc1C. The predicted molar refractivity (Wildman–Crippen MR) is 72.4 cm³/mol. The maximum Gasteiger partial charge on any atom is 0.159 e. The minimum absolute atomic E-state index is 0.121. The summed E-state index contributed by atoms with van der Waals surface area (Å²) in [4.78, 5) is 10.6. The summed E-state index contributed by atoms with van der Waals surface area (Å²) in [7, 11) is 0. The number of hydrogen-bond acceptors (Lipinski definition) is 1. The Hall–Kier alpha value is -1.89. The molecule has 0 aliphatic rings. The van der Waals surface area contributed by atoms with Crippen LogP contribution >= 0.6 is 0 Å². The fourth-order valence-electron chi connectivity index (χ4n) is 1.34. The standard InChI is InChI=1S/C8H8O.C8H10/c1-7(9)8-5-3-2-4-6-8;1-7-5-3-4-6-8(7)2/h2-6H,1H3;3-6H,1-2H3. The molecule has 0 aliphatic carbocycles. The molecule has 2 aromatic rings. The molecule has 0 atom stereocenters. The van der Waals surface area contributed by atoms with E-state index in [0.717, 1.165) is 5.56 Å². The molecule has 0 fully saturated rings. The Morgan fingerprint density at radius 2 is 1.18 bits per heavy atom. The van der Waals surface area contributed by atoms with E-state index in [4.69, 9.17) is 0 Å². The van der Waals surface area contributed by atoms with Crippen molar-refractivity contribution in [3.63, 3.8) is 0 Å². The van der Waals surface area contributed by atoms with Gasteiger partial charge in [-0.05, 0) is 31.9 Å². The lowest BCUT2D eigenvalue weighted by molar-refractivity contribution is 0.101. The van der Waals surface area contributed by atoms with Crippen molar-refractivity contribution in [3.8, 4) is 0 Å². The molecule has 17 heavy (non-hydrogen) atoms. The monoisotopic (exact) mass is 226 g/mol. The summed E-state index contributed by atoms with van der Waals surface area (Å²) < 4.78 is 0. The Balaban J connectivity index is 0.000000171. The Bertz CT molecular complexity index is 451. The van der Waals surface area contributed by atoms with E-state index < -0.39 is 0 Å². The maximum absolute atomic E-state index is 10.6. The van der Waals surface area contributed by atoms with Gasteiger partial charge in [0.2, 0.25) is 0 Å². The number of Topliss-reactive ketones (excluding diaryl/α,β-unsaturated/α-hetero) is 1. The molecule has 2 aromatic carbocycles. The normalized spacial score (nSPS) is 9.12. The van der Waals surface area contributed by atoms with Crippen molar-refractivity contribution in [2.24, 2.45) is 0 Å². The first-order valence-electron chi connectivity index (χ1n) is 5.69. The topological polar surface area (TPSA) is 17.1 Å². The fourth-order valence-corrected chi connectivity index (χ4v) is 1.34. The van der Waals surface area contributed by atoms with E-state index in [-0.39, 0.29) is 5.78 Å². The van der Waals surface area contributed by atoms with Crippen LogP contribution in [0.25, 0.3) is 0 Å². The third kappa shape index (κ3) is 4.64. The van der Waals surface area contributed by atoms with Gasteiger partial charge in [0, 0.05) is 5.56 Å². The van der Waals surface area contributed by atoms with Gasteiger partial charge in [-0.2, -0.15) is 0 Å². The van der Waals surface area contributed by atoms with Crippen LogP contribution in [0.3, 0.4) is 0 Å². The smallest absolute Gasteiger partial charge is 0.159 e. The summed E-state index contributed by atoms with van der Waals surface area (Å²) in [6, 6.07) is 17.6. The highest BCUT2D eigenvalue weighted by atomic mass is 16.1. The molecule has 0 saturated carbocycles. The minimum atomic E-state index is 0.121. The minimum Gasteiger partial charge on any atom is -0.295 e. The van der Waals surface area contributed by atoms with Crippen LogP contribution in [0.5, 0.6) is 0 Å². The number of carbonyl (C=O) groups excluding carboxylic acids is 1. The Morgan fingerprint density at radius 1 is 0.765 bits per heavy atom. The molecule has 0 bridgehead atoms. The van der Waals surface area contributed by atoms with Crippen LogP contribution in [0, 0.1) is 13.8 Å². The summed E-state index contributed by atoms with van der Waals surface area (Å²) in [6.45, 7) is 5.81. The van der Waals surface area contributed by atoms with Crippen molar-refractivity contribution in [1.29, 1.82) is 0 Å². The molecule has 1 heteroatoms. The van der Waals surface area contributed by atoms with Gasteiger partial charge in [0.25, 0.3) is 0 Å². The first-order valence-corrected chi connectivity index (χ1v) is 5.69. The molecule has 0 unspecified atom stereocenters. The highest BCUT2D eigenvalue weighted by Crippen LogP contribution is 2.02. The molecule has 0 N–H and O–H groups in total. The molecule has 0 heterocycles. The molecule has 0 radical (unpaired) electrons. The molecule has 88 valence electrons. The van der Waals surface area contributed by atoms with Crippen LogP contribution in [0.4, 0.5) is 0 Å². The van der Waals surface area contributed by atoms with Gasteiger partial charge < -0.3 is 0 Å². The van der Waals surface area contributed by atoms with Gasteiger partial charge in [-0.1, -0.05) is 54.6 Å². The van der Waals surface area contributed by atoms with E-state index in [1.54, 1.807) is 6.92 Å². The fraction of sp³-hybridized carbons (Fsp3) is 0.188. The predicted octanol–water partition coefficient (Wildman–Crippen LogP) is 4.19. The van der Waals surface area contributed by atoms with Gasteiger partial charge >= 0.3 is 0 Å². The summed E-state index contributed by atoms with van der Waals surface area (Å²) in [5.74, 6) is 0.121. The van der Waals surface area contributed by atoms with Crippen molar-refractivity contribution in [2.45, 2.75) is 20.8 Å². The molecule has 2 rings (SSSR count). The van der Waals surface area contributed by atoms with Gasteiger partial charge in [0.15, 0.2) is 5.78 Å². The van der Waals surface area contributed by atoms with Gasteiger partial charge in [0.05, 0.1) is 0 Å². The second-order valence-electron chi connectivity index (χ2n) is 4.01. The van der Waals surface area contributed by atoms with E-state index in [0.29, 0.717) is 0 Å². The first kappa shape index (κ1) is 13.2. The molecular weight excluding hydrogens is 208 g/mol. The maximum atomic E-state index is 10.6. The number of benzene rings is 2. The van der Waals surface area contributed by atoms with Crippen LogP contribution in [0.15, 0.2) is 54.6 Å². The van der Waals surface area contributed by atoms with Gasteiger partial charge in [0.1, 0.15) is 0 Å². The van der Waals surface area contributed by atoms with Crippen LogP contribution in [0.1, 0.15) is 28.4 Å². The van der Waals surface area contributed by atoms with Gasteiger partial charge in [-0.3, -0.25) is 4.79 Å². The van der Waals surface area contributed by atoms with E-state index in [2.05, 4.69) is 38.1 Å². The molecule has 0 saturated heterocycles. The number of rotatable bonds is 1. The second-order valence-corrected chi connectivity index (χ2v) is 4.01. The number of ketones is 1. The third-order valence-electron chi connectivity index (χ3n) is 2.61. The van der Waals surface area contributed by atoms with Crippen molar-refractivity contribution in [1.82, 2.24) is 0 Å². The average Bonchev–Trinajstić information content (AvgIpc) is 2.35. The summed E-state index contributed by atoms with van der Waals surface area (Å²) >= 11 is 0. The molecule has 0 amide bonds. The van der Waals surface area contributed by atoms with Crippen LogP contribution in [0.2, 0.25) is 0 Å². The van der Waals surface area contributed by atoms with Gasteiger partial charge in [-0.25, -0.2) is 0 Å². The summed E-state index contributed by atoms with van der Waals surface area (Å²) in [5, 5.41) is 0. The van der Waals surface area contributed by atoms with E-state index >= 15 is 0 Å². The van der Waals surface area contributed by atoms with Crippen molar-refractivity contribution in [2.75, 3.05) is 0 Å². The lowest BCUT2D eigenvalue weighted by Gasteiger charge is -1.93. The largest absolute Gasteiger partial charge is 0.295 e. The third-order valence-corrected chi connectivity index (χ3v) is 2.61. The highest BCUT2D eigenvalue weighted by molar-refractivity contribution is 5.93. The van der Waals surface area contributed by atoms with Crippen LogP contribution in [-0.2, 0) is 0 Å². The van der Waals surface area contributed by atoms with E-state index in [1.165, 1.54) is 11.1 Å². The zero-order valence-electron chi connectivity index (χ0n) is 10.6. The Morgan fingerprint density at radius 3 is 1.47 bits per heavy atom. The van der Waals surface area contributed by atoms with Crippen LogP contribution in [-0.4, -0.2) is 5.78 Å². The quantitative estimate of drug-likeness (QED) is 0.666. The Kier molecular flexibility index (Phi) is 5.15. The van der Waals surface area contributed by atoms with Crippen molar-refractivity contribution < 1.29 is 4.79 Å². The zero-order valence-corrected chi connectivity index (χ0v) is 10.6. The lowest BCUT2D eigenvalue weighted by Crippen LogP contribution is -1.88. The van der Waals surface area contributed by atoms with Crippen LogP contribution < -0.4 is 0 Å². The van der Waals surface area contributed by atoms with E-state index in [1.807, 2.05) is 30.3 Å².